The molecule has 0 unspecified atom stereocenters. The minimum Gasteiger partial charge on any atom is -0.441 e. The topological polar surface area (TPSA) is 38.9 Å². The standard InChI is InChI=1S/C31H29F3N2O/c1-29(2,3)24-15-22(14-21-8-6-7-9-23(21)24)25-16-20(12-13-35-25)19-10-11-27-26(17-19)36-28(37-27)18-30(4,5)31(32,33)34/h6-17H,18H2,1-5H3. The summed E-state index contributed by atoms with van der Waals surface area (Å²) in [6.45, 7) is 8.94. The number of halogens is 3. The molecule has 0 N–H and O–H groups in total. The van der Waals surface area contributed by atoms with E-state index in [-0.39, 0.29) is 17.7 Å². The largest absolute Gasteiger partial charge is 0.441 e. The minimum atomic E-state index is -4.35. The maximum absolute atomic E-state index is 13.3. The predicted octanol–water partition coefficient (Wildman–Crippen LogP) is 9.14. The summed E-state index contributed by atoms with van der Waals surface area (Å²) in [5.41, 5.74) is 4.00. The number of nitrogens with zero attached hydrogens (tertiary/aromatic N) is 2. The molecule has 6 heteroatoms. The first-order valence-electron chi connectivity index (χ1n) is 12.3. The quantitative estimate of drug-likeness (QED) is 0.246. The number of rotatable bonds is 4. The fourth-order valence-corrected chi connectivity index (χ4v) is 4.56. The lowest BCUT2D eigenvalue weighted by Gasteiger charge is -2.25. The highest BCUT2D eigenvalue weighted by molar-refractivity contribution is 5.91. The molecule has 0 saturated carbocycles. The van der Waals surface area contributed by atoms with Crippen molar-refractivity contribution in [3.8, 4) is 22.4 Å². The molecular weight excluding hydrogens is 473 g/mol. The van der Waals surface area contributed by atoms with Gasteiger partial charge in [0.25, 0.3) is 0 Å². The molecule has 0 spiro atoms. The average Bonchev–Trinajstić information content (AvgIpc) is 3.23. The summed E-state index contributed by atoms with van der Waals surface area (Å²) >= 11 is 0. The van der Waals surface area contributed by atoms with E-state index < -0.39 is 11.6 Å². The van der Waals surface area contributed by atoms with Crippen LogP contribution in [0.25, 0.3) is 44.3 Å². The van der Waals surface area contributed by atoms with Crippen LogP contribution in [0.4, 0.5) is 13.2 Å². The molecule has 0 aliphatic carbocycles. The van der Waals surface area contributed by atoms with Gasteiger partial charge in [-0.1, -0.05) is 65.0 Å². The van der Waals surface area contributed by atoms with E-state index in [2.05, 4.69) is 61.1 Å². The van der Waals surface area contributed by atoms with Gasteiger partial charge in [0.2, 0.25) is 0 Å². The van der Waals surface area contributed by atoms with Gasteiger partial charge in [-0.05, 0) is 69.3 Å². The summed E-state index contributed by atoms with van der Waals surface area (Å²) in [7, 11) is 0. The number of aromatic nitrogens is 2. The summed E-state index contributed by atoms with van der Waals surface area (Å²) in [6.07, 6.45) is -2.89. The van der Waals surface area contributed by atoms with Gasteiger partial charge < -0.3 is 4.42 Å². The van der Waals surface area contributed by atoms with E-state index >= 15 is 0 Å². The van der Waals surface area contributed by atoms with Gasteiger partial charge in [0.15, 0.2) is 11.5 Å². The van der Waals surface area contributed by atoms with Gasteiger partial charge in [-0.3, -0.25) is 4.98 Å². The third-order valence-corrected chi connectivity index (χ3v) is 6.85. The van der Waals surface area contributed by atoms with Crippen molar-refractivity contribution in [1.29, 1.82) is 0 Å². The molecule has 5 aromatic rings. The van der Waals surface area contributed by atoms with Crippen LogP contribution in [0.3, 0.4) is 0 Å². The van der Waals surface area contributed by atoms with Crippen LogP contribution < -0.4 is 0 Å². The van der Waals surface area contributed by atoms with Gasteiger partial charge >= 0.3 is 6.18 Å². The number of alkyl halides is 3. The number of fused-ring (bicyclic) bond motifs is 2. The van der Waals surface area contributed by atoms with Crippen molar-refractivity contribution in [2.24, 2.45) is 5.41 Å². The first-order valence-corrected chi connectivity index (χ1v) is 12.3. The Balaban J connectivity index is 1.53. The fraction of sp³-hybridized carbons (Fsp3) is 0.290. The van der Waals surface area contributed by atoms with E-state index in [9.17, 15) is 13.2 Å². The molecule has 0 fully saturated rings. The van der Waals surface area contributed by atoms with Crippen molar-refractivity contribution in [2.75, 3.05) is 0 Å². The molecule has 2 aromatic heterocycles. The maximum atomic E-state index is 13.3. The van der Waals surface area contributed by atoms with Gasteiger partial charge in [-0.25, -0.2) is 4.98 Å². The highest BCUT2D eigenvalue weighted by atomic mass is 19.4. The van der Waals surface area contributed by atoms with E-state index in [1.54, 1.807) is 12.3 Å². The van der Waals surface area contributed by atoms with Crippen molar-refractivity contribution in [2.45, 2.75) is 52.6 Å². The van der Waals surface area contributed by atoms with Crippen LogP contribution in [-0.2, 0) is 11.8 Å². The zero-order chi connectivity index (χ0) is 26.6. The molecule has 0 amide bonds. The molecule has 2 heterocycles. The molecule has 0 aliphatic rings. The minimum absolute atomic E-state index is 0.0381. The molecule has 5 rings (SSSR count). The van der Waals surface area contributed by atoms with E-state index in [0.29, 0.717) is 11.1 Å². The summed E-state index contributed by atoms with van der Waals surface area (Å²) in [5.74, 6) is 0.0794. The Morgan fingerprint density at radius 3 is 2.24 bits per heavy atom. The summed E-state index contributed by atoms with van der Waals surface area (Å²) in [5, 5.41) is 2.39. The van der Waals surface area contributed by atoms with E-state index in [0.717, 1.165) is 41.6 Å². The smallest absolute Gasteiger partial charge is 0.394 e. The average molecular weight is 503 g/mol. The predicted molar refractivity (Wildman–Crippen MR) is 142 cm³/mol. The molecule has 0 atom stereocenters. The number of oxazole rings is 1. The lowest BCUT2D eigenvalue weighted by molar-refractivity contribution is -0.212. The highest BCUT2D eigenvalue weighted by Gasteiger charge is 2.48. The molecule has 3 aromatic carbocycles. The molecule has 0 bridgehead atoms. The zero-order valence-electron chi connectivity index (χ0n) is 21.6. The maximum Gasteiger partial charge on any atom is 0.394 e. The fourth-order valence-electron chi connectivity index (χ4n) is 4.56. The van der Waals surface area contributed by atoms with Crippen molar-refractivity contribution in [3.63, 3.8) is 0 Å². The molecule has 190 valence electrons. The SMILES string of the molecule is CC(C)(C)c1cc(-c2cc(-c3ccc4oc(CC(C)(C)C(F)(F)F)nc4c3)ccn2)cc2ccccc12. The highest BCUT2D eigenvalue weighted by Crippen LogP contribution is 2.41. The van der Waals surface area contributed by atoms with Crippen molar-refractivity contribution in [3.05, 3.63) is 84.4 Å². The number of benzene rings is 3. The third kappa shape index (κ3) is 4.85. The Morgan fingerprint density at radius 2 is 1.51 bits per heavy atom. The molecule has 0 radical (unpaired) electrons. The zero-order valence-corrected chi connectivity index (χ0v) is 21.6. The monoisotopic (exact) mass is 502 g/mol. The number of pyridine rings is 1. The van der Waals surface area contributed by atoms with E-state index in [1.165, 1.54) is 10.9 Å². The van der Waals surface area contributed by atoms with Crippen molar-refractivity contribution < 1.29 is 17.6 Å². The number of hydrogen-bond acceptors (Lipinski definition) is 3. The Bertz CT molecular complexity index is 1610. The second kappa shape index (κ2) is 8.72. The number of hydrogen-bond donors (Lipinski definition) is 0. The Morgan fingerprint density at radius 1 is 0.784 bits per heavy atom. The van der Waals surface area contributed by atoms with Crippen molar-refractivity contribution in [1.82, 2.24) is 9.97 Å². The molecular formula is C31H29F3N2O. The van der Waals surface area contributed by atoms with Crippen LogP contribution in [0, 0.1) is 5.41 Å². The van der Waals surface area contributed by atoms with Crippen LogP contribution in [0.1, 0.15) is 46.1 Å². The molecule has 3 nitrogen and oxygen atoms in total. The summed E-state index contributed by atoms with van der Waals surface area (Å²) < 4.78 is 45.7. The van der Waals surface area contributed by atoms with E-state index in [4.69, 9.17) is 4.42 Å². The summed E-state index contributed by atoms with van der Waals surface area (Å²) in [4.78, 5) is 9.02. The third-order valence-electron chi connectivity index (χ3n) is 6.85. The van der Waals surface area contributed by atoms with Gasteiger partial charge in [0.05, 0.1) is 11.1 Å². The van der Waals surface area contributed by atoms with Crippen LogP contribution in [0.5, 0.6) is 0 Å². The molecule has 0 saturated heterocycles. The Hall–Kier alpha value is -3.67. The molecule has 37 heavy (non-hydrogen) atoms. The van der Waals surface area contributed by atoms with Crippen LogP contribution in [0.2, 0.25) is 0 Å². The second-order valence-electron chi connectivity index (χ2n) is 11.3. The normalized spacial score (nSPS) is 13.0. The Kier molecular flexibility index (Phi) is 5.89. The molecule has 0 aliphatic heterocycles. The van der Waals surface area contributed by atoms with Crippen LogP contribution in [-0.4, -0.2) is 16.1 Å². The van der Waals surface area contributed by atoms with E-state index in [1.807, 2.05) is 30.3 Å². The summed E-state index contributed by atoms with van der Waals surface area (Å²) in [6, 6.07) is 22.2. The lowest BCUT2D eigenvalue weighted by Crippen LogP contribution is -2.34. The van der Waals surface area contributed by atoms with Crippen molar-refractivity contribution >= 4 is 21.9 Å². The first-order chi connectivity index (χ1) is 17.3. The first kappa shape index (κ1) is 25.0. The van der Waals surface area contributed by atoms with Gasteiger partial charge in [0.1, 0.15) is 5.52 Å². The van der Waals surface area contributed by atoms with Crippen LogP contribution >= 0.6 is 0 Å². The van der Waals surface area contributed by atoms with Gasteiger partial charge in [0, 0.05) is 18.2 Å². The van der Waals surface area contributed by atoms with Crippen LogP contribution in [0.15, 0.2) is 77.3 Å². The Labute approximate surface area is 214 Å². The van der Waals surface area contributed by atoms with Gasteiger partial charge in [-0.15, -0.1) is 0 Å². The lowest BCUT2D eigenvalue weighted by atomic mass is 9.82. The van der Waals surface area contributed by atoms with Gasteiger partial charge in [-0.2, -0.15) is 13.2 Å². The second-order valence-corrected chi connectivity index (χ2v) is 11.3.